The molecule has 0 spiro atoms. The zero-order valence-electron chi connectivity index (χ0n) is 20.5. The first kappa shape index (κ1) is 24.3. The Bertz CT molecular complexity index is 1090. The van der Waals surface area contributed by atoms with Crippen molar-refractivity contribution < 1.29 is 4.79 Å². The van der Waals surface area contributed by atoms with Crippen LogP contribution in [0.1, 0.15) is 60.7 Å². The van der Waals surface area contributed by atoms with Gasteiger partial charge in [-0.3, -0.25) is 20.2 Å². The maximum absolute atomic E-state index is 12.7. The summed E-state index contributed by atoms with van der Waals surface area (Å²) in [7, 11) is 0. The standard InChI is InChI=1S/C26H34N6OS/c1-18(2)22-6-5-9-27-24(22)17-32(16-23-20(4)14-19(3)15-29-23)21-7-11-31(12-8-21)26(33)30-25-28-10-13-34-25/h5-6,9-10,13-15,18,21H,7-8,11-12,16-17H2,1-4H3,(H,28,30,33). The summed E-state index contributed by atoms with van der Waals surface area (Å²) in [6, 6.07) is 6.70. The van der Waals surface area contributed by atoms with Gasteiger partial charge in [-0.25, -0.2) is 9.78 Å². The molecule has 1 saturated heterocycles. The normalized spacial score (nSPS) is 14.7. The molecule has 0 saturated carbocycles. The first-order valence-electron chi connectivity index (χ1n) is 12.0. The van der Waals surface area contributed by atoms with Crippen LogP contribution in [0, 0.1) is 13.8 Å². The van der Waals surface area contributed by atoms with E-state index in [2.05, 4.69) is 55.0 Å². The smallest absolute Gasteiger partial charge is 0.323 e. The summed E-state index contributed by atoms with van der Waals surface area (Å²) in [6.07, 6.45) is 7.38. The summed E-state index contributed by atoms with van der Waals surface area (Å²) in [5, 5.41) is 5.42. The van der Waals surface area contributed by atoms with Crippen LogP contribution in [0.2, 0.25) is 0 Å². The number of urea groups is 1. The van der Waals surface area contributed by atoms with E-state index in [0.717, 1.165) is 50.4 Å². The molecule has 8 heteroatoms. The molecular weight excluding hydrogens is 444 g/mol. The van der Waals surface area contributed by atoms with Crippen LogP contribution in [0.3, 0.4) is 0 Å². The molecule has 0 bridgehead atoms. The van der Waals surface area contributed by atoms with Gasteiger partial charge in [0.15, 0.2) is 5.13 Å². The number of carbonyl (C=O) groups excluding carboxylic acids is 1. The molecule has 0 unspecified atom stereocenters. The van der Waals surface area contributed by atoms with Crippen LogP contribution < -0.4 is 5.32 Å². The molecule has 0 aromatic carbocycles. The molecular formula is C26H34N6OS. The molecule has 180 valence electrons. The van der Waals surface area contributed by atoms with Crippen molar-refractivity contribution in [3.05, 3.63) is 70.2 Å². The number of piperidine rings is 1. The summed E-state index contributed by atoms with van der Waals surface area (Å²) in [5.74, 6) is 0.418. The number of nitrogens with one attached hydrogen (secondary N) is 1. The largest absolute Gasteiger partial charge is 0.324 e. The molecule has 1 aliphatic heterocycles. The predicted molar refractivity (Wildman–Crippen MR) is 137 cm³/mol. The zero-order chi connectivity index (χ0) is 24.1. The number of likely N-dealkylation sites (tertiary alicyclic amines) is 1. The summed E-state index contributed by atoms with van der Waals surface area (Å²) in [4.78, 5) is 30.7. The average Bonchev–Trinajstić information content (AvgIpc) is 3.33. The summed E-state index contributed by atoms with van der Waals surface area (Å²) in [5.41, 5.74) is 5.93. The lowest BCUT2D eigenvalue weighted by atomic mass is 9.98. The monoisotopic (exact) mass is 478 g/mol. The van der Waals surface area contributed by atoms with E-state index in [-0.39, 0.29) is 6.03 Å². The molecule has 34 heavy (non-hydrogen) atoms. The van der Waals surface area contributed by atoms with E-state index in [4.69, 9.17) is 9.97 Å². The highest BCUT2D eigenvalue weighted by atomic mass is 32.1. The van der Waals surface area contributed by atoms with Crippen molar-refractivity contribution in [3.8, 4) is 0 Å². The van der Waals surface area contributed by atoms with E-state index in [0.29, 0.717) is 17.1 Å². The Hall–Kier alpha value is -2.84. The van der Waals surface area contributed by atoms with Crippen LogP contribution in [0.15, 0.2) is 42.2 Å². The van der Waals surface area contributed by atoms with Crippen molar-refractivity contribution >= 4 is 22.5 Å². The fraction of sp³-hybridized carbons (Fsp3) is 0.462. The van der Waals surface area contributed by atoms with E-state index in [9.17, 15) is 4.79 Å². The second-order valence-electron chi connectivity index (χ2n) is 9.36. The number of carbonyl (C=O) groups is 1. The van der Waals surface area contributed by atoms with Crippen molar-refractivity contribution in [1.82, 2.24) is 24.8 Å². The minimum atomic E-state index is -0.0668. The number of aryl methyl sites for hydroxylation is 2. The van der Waals surface area contributed by atoms with E-state index >= 15 is 0 Å². The van der Waals surface area contributed by atoms with Gasteiger partial charge in [0.2, 0.25) is 0 Å². The summed E-state index contributed by atoms with van der Waals surface area (Å²) in [6.45, 7) is 11.6. The Morgan fingerprint density at radius 3 is 2.59 bits per heavy atom. The number of rotatable bonds is 7. The minimum absolute atomic E-state index is 0.0668. The molecule has 2 amide bonds. The van der Waals surface area contributed by atoms with Crippen LogP contribution in [0.5, 0.6) is 0 Å². The van der Waals surface area contributed by atoms with E-state index in [1.165, 1.54) is 28.0 Å². The topological polar surface area (TPSA) is 74.2 Å². The van der Waals surface area contributed by atoms with Crippen molar-refractivity contribution in [2.45, 2.75) is 65.6 Å². The molecule has 4 rings (SSSR count). The van der Waals surface area contributed by atoms with Crippen LogP contribution in [-0.4, -0.2) is 49.9 Å². The Morgan fingerprint density at radius 2 is 1.91 bits per heavy atom. The highest BCUT2D eigenvalue weighted by Crippen LogP contribution is 2.25. The van der Waals surface area contributed by atoms with Crippen LogP contribution in [0.25, 0.3) is 0 Å². The van der Waals surface area contributed by atoms with Gasteiger partial charge in [0.1, 0.15) is 0 Å². The molecule has 3 aromatic heterocycles. The minimum Gasteiger partial charge on any atom is -0.324 e. The van der Waals surface area contributed by atoms with Gasteiger partial charge in [0.25, 0.3) is 0 Å². The van der Waals surface area contributed by atoms with Gasteiger partial charge in [0.05, 0.1) is 11.4 Å². The quantitative estimate of drug-likeness (QED) is 0.494. The van der Waals surface area contributed by atoms with Gasteiger partial charge in [-0.2, -0.15) is 0 Å². The zero-order valence-corrected chi connectivity index (χ0v) is 21.3. The molecule has 3 aromatic rings. The molecule has 1 N–H and O–H groups in total. The van der Waals surface area contributed by atoms with Gasteiger partial charge >= 0.3 is 6.03 Å². The van der Waals surface area contributed by atoms with Crippen molar-refractivity contribution in [2.75, 3.05) is 18.4 Å². The molecule has 1 aliphatic rings. The van der Waals surface area contributed by atoms with Crippen LogP contribution >= 0.6 is 11.3 Å². The molecule has 4 heterocycles. The molecule has 1 fully saturated rings. The maximum atomic E-state index is 12.7. The highest BCUT2D eigenvalue weighted by Gasteiger charge is 2.29. The van der Waals surface area contributed by atoms with Crippen molar-refractivity contribution in [3.63, 3.8) is 0 Å². The van der Waals surface area contributed by atoms with Gasteiger partial charge in [-0.05, 0) is 55.4 Å². The van der Waals surface area contributed by atoms with Gasteiger partial charge in [-0.1, -0.05) is 26.0 Å². The van der Waals surface area contributed by atoms with Crippen molar-refractivity contribution in [2.24, 2.45) is 0 Å². The van der Waals surface area contributed by atoms with E-state index in [1.807, 2.05) is 28.7 Å². The lowest BCUT2D eigenvalue weighted by molar-refractivity contribution is 0.107. The van der Waals surface area contributed by atoms with Gasteiger partial charge in [0, 0.05) is 56.2 Å². The highest BCUT2D eigenvalue weighted by molar-refractivity contribution is 7.13. The number of nitrogens with zero attached hydrogens (tertiary/aromatic N) is 5. The summed E-state index contributed by atoms with van der Waals surface area (Å²) < 4.78 is 0. The lowest BCUT2D eigenvalue weighted by Gasteiger charge is -2.38. The number of thiazole rings is 1. The number of hydrogen-bond donors (Lipinski definition) is 1. The molecule has 7 nitrogen and oxygen atoms in total. The van der Waals surface area contributed by atoms with Crippen LogP contribution in [0.4, 0.5) is 9.93 Å². The average molecular weight is 479 g/mol. The second kappa shape index (κ2) is 11.1. The third kappa shape index (κ3) is 5.98. The Morgan fingerprint density at radius 1 is 1.15 bits per heavy atom. The number of amides is 2. The summed E-state index contributed by atoms with van der Waals surface area (Å²) >= 11 is 1.44. The second-order valence-corrected chi connectivity index (χ2v) is 10.3. The maximum Gasteiger partial charge on any atom is 0.323 e. The molecule has 0 atom stereocenters. The van der Waals surface area contributed by atoms with Crippen molar-refractivity contribution in [1.29, 1.82) is 0 Å². The first-order chi connectivity index (χ1) is 16.4. The number of aromatic nitrogens is 3. The number of hydrogen-bond acceptors (Lipinski definition) is 6. The Balaban J connectivity index is 1.49. The lowest BCUT2D eigenvalue weighted by Crippen LogP contribution is -2.47. The fourth-order valence-corrected chi connectivity index (χ4v) is 5.12. The van der Waals surface area contributed by atoms with E-state index in [1.54, 1.807) is 6.20 Å². The Labute approximate surface area is 206 Å². The van der Waals surface area contributed by atoms with Crippen LogP contribution in [-0.2, 0) is 13.1 Å². The number of anilines is 1. The first-order valence-corrected chi connectivity index (χ1v) is 12.8. The fourth-order valence-electron chi connectivity index (χ4n) is 4.61. The SMILES string of the molecule is Cc1cnc(CN(Cc2ncccc2C(C)C)C2CCN(C(=O)Nc3nccs3)CC2)c(C)c1. The van der Waals surface area contributed by atoms with Gasteiger partial charge in [-0.15, -0.1) is 11.3 Å². The Kier molecular flexibility index (Phi) is 7.90. The predicted octanol–water partition coefficient (Wildman–Crippen LogP) is 5.37. The molecule has 0 aliphatic carbocycles. The van der Waals surface area contributed by atoms with Gasteiger partial charge < -0.3 is 4.90 Å². The third-order valence-corrected chi connectivity index (χ3v) is 7.18. The van der Waals surface area contributed by atoms with E-state index < -0.39 is 0 Å². The number of pyridine rings is 2. The molecule has 0 radical (unpaired) electrons. The third-order valence-electron chi connectivity index (χ3n) is 6.49.